The van der Waals surface area contributed by atoms with Crippen LogP contribution in [0.25, 0.3) is 22.8 Å². The highest BCUT2D eigenvalue weighted by atomic mass is 16.5. The van der Waals surface area contributed by atoms with E-state index in [2.05, 4.69) is 10.3 Å². The molecule has 11 heteroatoms. The largest absolute Gasteiger partial charge is 0.392 e. The minimum absolute atomic E-state index is 0.00192. The van der Waals surface area contributed by atoms with E-state index in [0.29, 0.717) is 30.0 Å². The number of carbonyl (C=O) groups excluding carboxylic acids is 2. The highest BCUT2D eigenvalue weighted by Gasteiger charge is 2.31. The van der Waals surface area contributed by atoms with Crippen molar-refractivity contribution in [2.45, 2.75) is 6.42 Å². The Labute approximate surface area is 215 Å². The molecule has 4 N–H and O–H groups in total. The first-order valence-electron chi connectivity index (χ1n) is 11.8. The summed E-state index contributed by atoms with van der Waals surface area (Å²) in [6.45, 7) is 0.388. The Hall–Kier alpha value is -5.45. The molecular weight excluding hydrogens is 486 g/mol. The maximum atomic E-state index is 13.8. The number of amides is 2. The third-order valence-electron chi connectivity index (χ3n) is 6.43. The lowest BCUT2D eigenvalue weighted by molar-refractivity contribution is 0.0977. The second-order valence-electron chi connectivity index (χ2n) is 8.74. The van der Waals surface area contributed by atoms with Gasteiger partial charge in [0.2, 0.25) is 0 Å². The van der Waals surface area contributed by atoms with Crippen LogP contribution in [-0.2, 0) is 6.42 Å². The summed E-state index contributed by atoms with van der Waals surface area (Å²) in [5.41, 5.74) is 15.1. The van der Waals surface area contributed by atoms with Gasteiger partial charge in [0.15, 0.2) is 5.69 Å². The Balaban J connectivity index is 1.39. The summed E-state index contributed by atoms with van der Waals surface area (Å²) in [6, 6.07) is 20.9. The lowest BCUT2D eigenvalue weighted by Crippen LogP contribution is -2.30. The predicted molar refractivity (Wildman–Crippen MR) is 139 cm³/mol. The van der Waals surface area contributed by atoms with Crippen molar-refractivity contribution < 1.29 is 14.1 Å². The van der Waals surface area contributed by atoms with Gasteiger partial charge < -0.3 is 20.9 Å². The third kappa shape index (κ3) is 3.73. The number of anilines is 2. The molecule has 0 spiro atoms. The zero-order valence-electron chi connectivity index (χ0n) is 19.9. The molecule has 2 aromatic carbocycles. The lowest BCUT2D eigenvalue weighted by atomic mass is 10.1. The second kappa shape index (κ2) is 8.89. The van der Waals surface area contributed by atoms with Crippen molar-refractivity contribution in [1.82, 2.24) is 19.5 Å². The number of hydrogen-bond donors (Lipinski definition) is 2. The van der Waals surface area contributed by atoms with Crippen molar-refractivity contribution in [3.8, 4) is 22.8 Å². The molecule has 5 aromatic rings. The number of pyridine rings is 1. The first kappa shape index (κ1) is 23.0. The number of nitrogen functional groups attached to an aromatic ring is 1. The van der Waals surface area contributed by atoms with Crippen LogP contribution in [0.2, 0.25) is 0 Å². The summed E-state index contributed by atoms with van der Waals surface area (Å²) in [5, 5.41) is 8.27. The third-order valence-corrected chi connectivity index (χ3v) is 6.43. The molecule has 0 atom stereocenters. The van der Waals surface area contributed by atoms with Crippen LogP contribution in [0.5, 0.6) is 0 Å². The van der Waals surface area contributed by atoms with E-state index in [0.717, 1.165) is 15.8 Å². The van der Waals surface area contributed by atoms with Crippen molar-refractivity contribution >= 4 is 23.2 Å². The molecule has 0 radical (unpaired) electrons. The van der Waals surface area contributed by atoms with Gasteiger partial charge in [0, 0.05) is 41.8 Å². The quantitative estimate of drug-likeness (QED) is 0.370. The molecule has 0 saturated heterocycles. The van der Waals surface area contributed by atoms with Gasteiger partial charge in [-0.3, -0.25) is 19.0 Å². The molecule has 1 aliphatic heterocycles. The average Bonchev–Trinajstić information content (AvgIpc) is 3.65. The van der Waals surface area contributed by atoms with Crippen molar-refractivity contribution in [2.75, 3.05) is 17.2 Å². The van der Waals surface area contributed by atoms with Gasteiger partial charge in [-0.05, 0) is 36.2 Å². The molecule has 4 heterocycles. The smallest absolute Gasteiger partial charge is 0.277 e. The van der Waals surface area contributed by atoms with Crippen molar-refractivity contribution in [2.24, 2.45) is 5.73 Å². The molecule has 1 aliphatic rings. The Kier molecular flexibility index (Phi) is 5.38. The number of primary amides is 1. The standard InChI is InChI=1S/C27H21N7O4/c28-23-24(16-6-2-1-3-7-16)31-38-27(23)34-21(15-19(30-34)25(29)36)26(37)33-13-11-17-14-18(9-10-20(17)33)32-12-5-4-8-22(32)35/h1-10,12,14-15H,11,13,28H2,(H2,29,36). The Morgan fingerprint density at radius 3 is 2.53 bits per heavy atom. The van der Waals surface area contributed by atoms with Crippen LogP contribution in [0, 0.1) is 0 Å². The van der Waals surface area contributed by atoms with Gasteiger partial charge in [-0.1, -0.05) is 41.6 Å². The van der Waals surface area contributed by atoms with Gasteiger partial charge in [-0.15, -0.1) is 0 Å². The van der Waals surface area contributed by atoms with Gasteiger partial charge in [-0.25, -0.2) is 0 Å². The predicted octanol–water partition coefficient (Wildman–Crippen LogP) is 2.56. The molecule has 11 nitrogen and oxygen atoms in total. The first-order valence-corrected chi connectivity index (χ1v) is 11.8. The average molecular weight is 508 g/mol. The maximum absolute atomic E-state index is 13.8. The summed E-state index contributed by atoms with van der Waals surface area (Å²) in [7, 11) is 0. The fraction of sp³-hybridized carbons (Fsp3) is 0.0741. The molecule has 6 rings (SSSR count). The number of rotatable bonds is 5. The van der Waals surface area contributed by atoms with E-state index in [1.165, 1.54) is 16.7 Å². The normalized spacial score (nSPS) is 12.5. The monoisotopic (exact) mass is 507 g/mol. The Bertz CT molecular complexity index is 1770. The summed E-state index contributed by atoms with van der Waals surface area (Å²) < 4.78 is 8.20. The van der Waals surface area contributed by atoms with Gasteiger partial charge in [0.05, 0.1) is 0 Å². The number of aromatic nitrogens is 4. The summed E-state index contributed by atoms with van der Waals surface area (Å²) >= 11 is 0. The van der Waals surface area contributed by atoms with Gasteiger partial charge in [0.25, 0.3) is 23.3 Å². The summed E-state index contributed by atoms with van der Waals surface area (Å²) in [4.78, 5) is 39.6. The lowest BCUT2D eigenvalue weighted by Gasteiger charge is -2.18. The minimum Gasteiger partial charge on any atom is -0.392 e. The van der Waals surface area contributed by atoms with Gasteiger partial charge >= 0.3 is 0 Å². The van der Waals surface area contributed by atoms with Crippen LogP contribution in [0.3, 0.4) is 0 Å². The molecule has 0 fully saturated rings. The molecule has 0 bridgehead atoms. The number of benzene rings is 2. The van der Waals surface area contributed by atoms with Crippen LogP contribution in [0.15, 0.2) is 88.3 Å². The fourth-order valence-electron chi connectivity index (χ4n) is 4.58. The van der Waals surface area contributed by atoms with E-state index in [-0.39, 0.29) is 28.5 Å². The number of carbonyl (C=O) groups is 2. The number of nitrogens with two attached hydrogens (primary N) is 2. The molecule has 0 aliphatic carbocycles. The highest BCUT2D eigenvalue weighted by molar-refractivity contribution is 6.08. The molecule has 0 unspecified atom stereocenters. The second-order valence-corrected chi connectivity index (χ2v) is 8.74. The molecule has 0 saturated carbocycles. The highest BCUT2D eigenvalue weighted by Crippen LogP contribution is 2.34. The van der Waals surface area contributed by atoms with Crippen molar-refractivity contribution in [3.05, 3.63) is 106 Å². The van der Waals surface area contributed by atoms with Crippen LogP contribution < -0.4 is 21.9 Å². The van der Waals surface area contributed by atoms with Crippen LogP contribution in [0.4, 0.5) is 11.4 Å². The first-order chi connectivity index (χ1) is 18.4. The zero-order chi connectivity index (χ0) is 26.4. The number of fused-ring (bicyclic) bond motifs is 1. The zero-order valence-corrected chi connectivity index (χ0v) is 19.9. The maximum Gasteiger partial charge on any atom is 0.277 e. The Morgan fingerprint density at radius 1 is 0.974 bits per heavy atom. The van der Waals surface area contributed by atoms with E-state index < -0.39 is 11.8 Å². The van der Waals surface area contributed by atoms with Crippen molar-refractivity contribution in [1.29, 1.82) is 0 Å². The van der Waals surface area contributed by atoms with E-state index in [9.17, 15) is 14.4 Å². The van der Waals surface area contributed by atoms with Crippen LogP contribution in [-0.4, -0.2) is 37.9 Å². The topological polar surface area (TPSA) is 155 Å². The van der Waals surface area contributed by atoms with Gasteiger partial charge in [0.1, 0.15) is 17.1 Å². The molecule has 3 aromatic heterocycles. The number of hydrogen-bond acceptors (Lipinski definition) is 7. The van der Waals surface area contributed by atoms with Gasteiger partial charge in [-0.2, -0.15) is 9.78 Å². The minimum atomic E-state index is -0.807. The fourth-order valence-corrected chi connectivity index (χ4v) is 4.58. The molecular formula is C27H21N7O4. The van der Waals surface area contributed by atoms with Crippen LogP contribution in [0.1, 0.15) is 26.5 Å². The van der Waals surface area contributed by atoms with Crippen molar-refractivity contribution in [3.63, 3.8) is 0 Å². The van der Waals surface area contributed by atoms with E-state index in [4.69, 9.17) is 16.0 Å². The molecule has 2 amide bonds. The molecule has 188 valence electrons. The van der Waals surface area contributed by atoms with Crippen LogP contribution >= 0.6 is 0 Å². The van der Waals surface area contributed by atoms with E-state index in [1.807, 2.05) is 36.4 Å². The SMILES string of the molecule is NC(=O)c1cc(C(=O)N2CCc3cc(-n4ccccc4=O)ccc32)n(-c2onc(-c3ccccc3)c2N)n1. The van der Waals surface area contributed by atoms with E-state index in [1.54, 1.807) is 35.4 Å². The van der Waals surface area contributed by atoms with E-state index >= 15 is 0 Å². The Morgan fingerprint density at radius 2 is 1.76 bits per heavy atom. The number of nitrogens with zero attached hydrogens (tertiary/aromatic N) is 5. The molecule has 38 heavy (non-hydrogen) atoms. The summed E-state index contributed by atoms with van der Waals surface area (Å²) in [5.74, 6) is -1.23. The summed E-state index contributed by atoms with van der Waals surface area (Å²) in [6.07, 6.45) is 2.27.